The van der Waals surface area contributed by atoms with Gasteiger partial charge in [-0.25, -0.2) is 13.0 Å². The number of hydrogen-bond donors (Lipinski definition) is 2. The molecule has 10 nitrogen and oxygen atoms in total. The van der Waals surface area contributed by atoms with Crippen molar-refractivity contribution in [3.05, 3.63) is 78.4 Å². The Bertz CT molecular complexity index is 1810. The van der Waals surface area contributed by atoms with Crippen LogP contribution in [0.3, 0.4) is 0 Å². The smallest absolute Gasteiger partial charge is 0.243 e. The highest BCUT2D eigenvalue weighted by Crippen LogP contribution is 2.41. The highest BCUT2D eigenvalue weighted by molar-refractivity contribution is 7.89. The van der Waals surface area contributed by atoms with Gasteiger partial charge in [-0.15, -0.1) is 0 Å². The van der Waals surface area contributed by atoms with Crippen LogP contribution in [0.4, 0.5) is 0 Å². The summed E-state index contributed by atoms with van der Waals surface area (Å²) in [7, 11) is -3.77. The summed E-state index contributed by atoms with van der Waals surface area (Å²) in [4.78, 5) is 15.8. The molecule has 3 aliphatic rings. The van der Waals surface area contributed by atoms with Gasteiger partial charge in [0.1, 0.15) is 25.1 Å². The molecule has 55 heavy (non-hydrogen) atoms. The van der Waals surface area contributed by atoms with Crippen LogP contribution in [0.1, 0.15) is 64.4 Å². The second-order valence-corrected chi connectivity index (χ2v) is 17.7. The minimum Gasteiger partial charge on any atom is -0.378 e. The molecule has 2 aliphatic carbocycles. The first kappa shape index (κ1) is 41.6. The average molecular weight is 776 g/mol. The van der Waals surface area contributed by atoms with Gasteiger partial charge in [0.05, 0.1) is 37.2 Å². The maximum absolute atomic E-state index is 14.2. The molecule has 1 heterocycles. The van der Waals surface area contributed by atoms with E-state index in [1.54, 1.807) is 16.4 Å². The molecule has 3 aromatic carbocycles. The Hall–Kier alpha value is -3.03. The van der Waals surface area contributed by atoms with Crippen molar-refractivity contribution in [1.29, 1.82) is 0 Å². The van der Waals surface area contributed by atoms with Crippen molar-refractivity contribution in [3.8, 4) is 0 Å². The Labute approximate surface area is 328 Å². The molecule has 2 saturated carbocycles. The molecule has 3 aromatic rings. The first-order chi connectivity index (χ1) is 26.7. The Kier molecular flexibility index (Phi) is 15.4. The van der Waals surface area contributed by atoms with Crippen LogP contribution >= 0.6 is 0 Å². The van der Waals surface area contributed by atoms with Crippen LogP contribution in [0.15, 0.2) is 77.7 Å². The highest BCUT2D eigenvalue weighted by Gasteiger charge is 2.42. The monoisotopic (exact) mass is 775 g/mol. The first-order valence-electron chi connectivity index (χ1n) is 20.7. The van der Waals surface area contributed by atoms with E-state index in [1.165, 1.54) is 11.3 Å². The molecule has 0 unspecified atom stereocenters. The lowest BCUT2D eigenvalue weighted by molar-refractivity contribution is -0.523. The van der Waals surface area contributed by atoms with E-state index < -0.39 is 16.3 Å². The third kappa shape index (κ3) is 11.3. The zero-order valence-electron chi connectivity index (χ0n) is 33.0. The van der Waals surface area contributed by atoms with Gasteiger partial charge in [0.25, 0.3) is 0 Å². The van der Waals surface area contributed by atoms with Crippen molar-refractivity contribution < 1.29 is 32.4 Å². The van der Waals surface area contributed by atoms with Crippen LogP contribution in [0.25, 0.3) is 10.8 Å². The minimum atomic E-state index is -3.77. The summed E-state index contributed by atoms with van der Waals surface area (Å²) in [5.41, 5.74) is 2.76. The van der Waals surface area contributed by atoms with Gasteiger partial charge in [0, 0.05) is 52.0 Å². The zero-order chi connectivity index (χ0) is 38.6. The largest absolute Gasteiger partial charge is 0.378 e. The lowest BCUT2D eigenvalue weighted by Gasteiger charge is -2.39. The molecule has 0 spiro atoms. The van der Waals surface area contributed by atoms with E-state index in [9.17, 15) is 18.3 Å². The SMILES string of the molecule is CC[N+](CC)=C1CC[C@H]2C[C@@H]([C@@H](O)NCCOCCOCCN(C[C@@H]3CCCN(Cc4ccccc4)C3)S(=O)(=O)c3ccc4ccccc4c3)C(=O)C[C@H]2C1. The van der Waals surface area contributed by atoms with Crippen molar-refractivity contribution in [1.82, 2.24) is 14.5 Å². The number of aliphatic hydroxyl groups is 1. The van der Waals surface area contributed by atoms with Gasteiger partial charge in [-0.1, -0.05) is 60.7 Å². The molecule has 0 amide bonds. The number of carbonyl (C=O) groups excluding carboxylic acids is 1. The summed E-state index contributed by atoms with van der Waals surface area (Å²) < 4.78 is 44.1. The van der Waals surface area contributed by atoms with E-state index >= 15 is 0 Å². The number of hydrogen-bond acceptors (Lipinski definition) is 8. The fourth-order valence-electron chi connectivity index (χ4n) is 9.11. The Morgan fingerprint density at radius 3 is 2.44 bits per heavy atom. The van der Waals surface area contributed by atoms with Crippen molar-refractivity contribution in [3.63, 3.8) is 0 Å². The second kappa shape index (κ2) is 20.4. The number of aliphatic hydroxyl groups excluding tert-OH is 1. The van der Waals surface area contributed by atoms with Gasteiger partial charge in [-0.3, -0.25) is 15.0 Å². The predicted molar refractivity (Wildman–Crippen MR) is 218 cm³/mol. The molecule has 1 aliphatic heterocycles. The van der Waals surface area contributed by atoms with Crippen LogP contribution in [0.5, 0.6) is 0 Å². The predicted octanol–water partition coefficient (Wildman–Crippen LogP) is 5.57. The number of nitrogens with zero attached hydrogens (tertiary/aromatic N) is 3. The number of Topliss-reactive ketones (excluding diaryl/α,β-unsaturated/α-hetero) is 1. The summed E-state index contributed by atoms with van der Waals surface area (Å²) in [5.74, 6) is 0.908. The van der Waals surface area contributed by atoms with E-state index in [0.29, 0.717) is 56.1 Å². The molecule has 5 atom stereocenters. The lowest BCUT2D eigenvalue weighted by Crippen LogP contribution is -2.47. The highest BCUT2D eigenvalue weighted by atomic mass is 32.2. The van der Waals surface area contributed by atoms with Gasteiger partial charge in [-0.2, -0.15) is 4.31 Å². The fourth-order valence-corrected chi connectivity index (χ4v) is 10.6. The fraction of sp³-hybridized carbons (Fsp3) is 0.591. The summed E-state index contributed by atoms with van der Waals surface area (Å²) in [6.07, 6.45) is 5.66. The summed E-state index contributed by atoms with van der Waals surface area (Å²) >= 11 is 0. The normalized spacial score (nSPS) is 22.9. The van der Waals surface area contributed by atoms with Gasteiger partial charge >= 0.3 is 0 Å². The van der Waals surface area contributed by atoms with Crippen molar-refractivity contribution >= 4 is 32.3 Å². The number of likely N-dealkylation sites (tertiary alicyclic amines) is 1. The first-order valence-corrected chi connectivity index (χ1v) is 22.1. The third-order valence-corrected chi connectivity index (χ3v) is 14.0. The van der Waals surface area contributed by atoms with Gasteiger partial charge < -0.3 is 14.6 Å². The number of ketones is 1. The number of nitrogens with one attached hydrogen (secondary N) is 1. The maximum Gasteiger partial charge on any atom is 0.243 e. The minimum absolute atomic E-state index is 0.168. The third-order valence-electron chi connectivity index (χ3n) is 12.1. The van der Waals surface area contributed by atoms with Crippen LogP contribution < -0.4 is 5.32 Å². The number of rotatable bonds is 19. The molecular weight excluding hydrogens is 713 g/mol. The topological polar surface area (TPSA) is 111 Å². The Balaban J connectivity index is 0.943. The number of carbonyl (C=O) groups is 1. The van der Waals surface area contributed by atoms with Crippen LogP contribution in [-0.4, -0.2) is 117 Å². The van der Waals surface area contributed by atoms with Gasteiger partial charge in [0.15, 0.2) is 5.71 Å². The Morgan fingerprint density at radius 1 is 0.909 bits per heavy atom. The summed E-state index contributed by atoms with van der Waals surface area (Å²) in [6.45, 7) is 11.6. The number of sulfonamides is 1. The quantitative estimate of drug-likeness (QED) is 0.0925. The van der Waals surface area contributed by atoms with E-state index in [1.807, 2.05) is 36.4 Å². The molecule has 6 rings (SSSR count). The molecule has 1 saturated heterocycles. The average Bonchev–Trinajstić information content (AvgIpc) is 3.20. The van der Waals surface area contributed by atoms with E-state index in [0.717, 1.165) is 82.0 Å². The van der Waals surface area contributed by atoms with Crippen LogP contribution in [0.2, 0.25) is 0 Å². The van der Waals surface area contributed by atoms with Crippen molar-refractivity contribution in [2.45, 2.75) is 76.5 Å². The number of benzene rings is 3. The van der Waals surface area contributed by atoms with Crippen molar-refractivity contribution in [2.75, 3.05) is 72.2 Å². The molecule has 11 heteroatoms. The standard InChI is InChI=1S/C44H63N4O6S/c1-3-47(4-2)40-18-16-38-29-42(43(49)30-39(38)27-40)44(50)45-20-23-53-25-26-54-24-22-48(55(51,52)41-19-17-36-14-8-9-15-37(36)28-41)33-35-13-10-21-46(32-35)31-34-11-6-5-7-12-34/h5-9,11-12,14-15,17,19,28,35,38-39,42,44-45,50H,3-4,10,13,16,18,20-27,29-33H2,1-2H3/q+1/t35-,38+,39-,42-,44-/m1/s1. The molecule has 300 valence electrons. The number of piperidine rings is 1. The molecular formula is C44H63N4O6S+. The molecule has 3 fully saturated rings. The molecule has 2 N–H and O–H groups in total. The van der Waals surface area contributed by atoms with Crippen molar-refractivity contribution in [2.24, 2.45) is 23.7 Å². The van der Waals surface area contributed by atoms with E-state index in [4.69, 9.17) is 9.47 Å². The summed E-state index contributed by atoms with van der Waals surface area (Å²) in [5, 5.41) is 15.9. The van der Waals surface area contributed by atoms with Gasteiger partial charge in [-0.05, 0) is 92.3 Å². The maximum atomic E-state index is 14.2. The second-order valence-electron chi connectivity index (χ2n) is 15.7. The number of ether oxygens (including phenoxy) is 2. The van der Waals surface area contributed by atoms with Crippen LogP contribution in [0, 0.1) is 23.7 Å². The molecule has 0 aromatic heterocycles. The number of fused-ring (bicyclic) bond motifs is 2. The molecule has 0 radical (unpaired) electrons. The zero-order valence-corrected chi connectivity index (χ0v) is 33.8. The lowest BCUT2D eigenvalue weighted by atomic mass is 9.66. The van der Waals surface area contributed by atoms with Gasteiger partial charge in [0.2, 0.25) is 10.0 Å². The van der Waals surface area contributed by atoms with E-state index in [2.05, 4.69) is 52.9 Å². The van der Waals surface area contributed by atoms with Crippen LogP contribution in [-0.2, 0) is 30.8 Å². The Morgan fingerprint density at radius 2 is 1.65 bits per heavy atom. The van der Waals surface area contributed by atoms with E-state index in [-0.39, 0.29) is 30.8 Å². The summed E-state index contributed by atoms with van der Waals surface area (Å²) in [6, 6.07) is 23.6. The molecule has 0 bridgehead atoms.